The van der Waals surface area contributed by atoms with Gasteiger partial charge in [-0.15, -0.1) is 0 Å². The third kappa shape index (κ3) is 4.00. The molecule has 0 spiro atoms. The summed E-state index contributed by atoms with van der Waals surface area (Å²) >= 11 is 11.7. The molecule has 88 valence electrons. The number of rotatable bonds is 4. The topological polar surface area (TPSA) is 55.1 Å². The van der Waals surface area contributed by atoms with E-state index in [1.165, 1.54) is 0 Å². The zero-order chi connectivity index (χ0) is 12.1. The normalized spacial score (nSPS) is 12.2. The van der Waals surface area contributed by atoms with E-state index in [4.69, 9.17) is 28.9 Å². The molecule has 16 heavy (non-hydrogen) atoms. The molecule has 0 aromatic heterocycles. The van der Waals surface area contributed by atoms with Crippen LogP contribution < -0.4 is 11.1 Å². The highest BCUT2D eigenvalue weighted by Gasteiger charge is 2.10. The number of hydrogen-bond donors (Lipinski definition) is 2. The molecule has 1 aromatic carbocycles. The summed E-state index contributed by atoms with van der Waals surface area (Å²) in [5.41, 5.74) is 5.96. The van der Waals surface area contributed by atoms with Gasteiger partial charge in [0.05, 0.1) is 10.6 Å². The molecule has 5 heteroatoms. The van der Waals surface area contributed by atoms with Gasteiger partial charge in [0.1, 0.15) is 0 Å². The van der Waals surface area contributed by atoms with Crippen LogP contribution >= 0.6 is 23.2 Å². The van der Waals surface area contributed by atoms with E-state index in [0.29, 0.717) is 22.2 Å². The van der Waals surface area contributed by atoms with Crippen LogP contribution in [-0.2, 0) is 0 Å². The summed E-state index contributed by atoms with van der Waals surface area (Å²) in [4.78, 5) is 11.7. The van der Waals surface area contributed by atoms with Crippen molar-refractivity contribution in [1.82, 2.24) is 5.32 Å². The van der Waals surface area contributed by atoms with Gasteiger partial charge in [0.2, 0.25) is 0 Å². The van der Waals surface area contributed by atoms with Crippen LogP contribution in [0.3, 0.4) is 0 Å². The van der Waals surface area contributed by atoms with Gasteiger partial charge in [-0.25, -0.2) is 0 Å². The second-order valence-corrected chi connectivity index (χ2v) is 4.49. The van der Waals surface area contributed by atoms with E-state index < -0.39 is 0 Å². The quantitative estimate of drug-likeness (QED) is 0.874. The molecule has 1 amide bonds. The van der Waals surface area contributed by atoms with Gasteiger partial charge in [0.25, 0.3) is 5.91 Å². The summed E-state index contributed by atoms with van der Waals surface area (Å²) in [6, 6.07) is 4.85. The van der Waals surface area contributed by atoms with E-state index in [9.17, 15) is 4.79 Å². The van der Waals surface area contributed by atoms with Gasteiger partial charge in [-0.3, -0.25) is 4.79 Å². The van der Waals surface area contributed by atoms with Crippen molar-refractivity contribution in [2.75, 3.05) is 6.54 Å². The van der Waals surface area contributed by atoms with Gasteiger partial charge in [-0.05, 0) is 31.5 Å². The molecule has 1 aromatic rings. The lowest BCUT2D eigenvalue weighted by molar-refractivity contribution is 0.0953. The standard InChI is InChI=1S/C11H14Cl2N2O/c1-7(14)4-5-15-11(16)9-6-8(12)2-3-10(9)13/h2-3,6-7H,4-5,14H2,1H3,(H,15,16). The van der Waals surface area contributed by atoms with Gasteiger partial charge in [0, 0.05) is 17.6 Å². The molecule has 1 unspecified atom stereocenters. The highest BCUT2D eigenvalue weighted by molar-refractivity contribution is 6.35. The molecule has 0 bridgehead atoms. The second-order valence-electron chi connectivity index (χ2n) is 3.65. The second kappa shape index (κ2) is 6.09. The molecule has 0 radical (unpaired) electrons. The molecule has 0 heterocycles. The number of hydrogen-bond acceptors (Lipinski definition) is 2. The first-order chi connectivity index (χ1) is 7.50. The summed E-state index contributed by atoms with van der Waals surface area (Å²) in [7, 11) is 0. The van der Waals surface area contributed by atoms with Crippen molar-refractivity contribution in [3.05, 3.63) is 33.8 Å². The van der Waals surface area contributed by atoms with Gasteiger partial charge in [-0.1, -0.05) is 23.2 Å². The third-order valence-corrected chi connectivity index (χ3v) is 2.62. The molecule has 0 aliphatic heterocycles. The Balaban J connectivity index is 2.62. The smallest absolute Gasteiger partial charge is 0.252 e. The van der Waals surface area contributed by atoms with E-state index in [-0.39, 0.29) is 11.9 Å². The van der Waals surface area contributed by atoms with Crippen molar-refractivity contribution in [2.45, 2.75) is 19.4 Å². The average molecular weight is 261 g/mol. The van der Waals surface area contributed by atoms with E-state index in [0.717, 1.165) is 6.42 Å². The van der Waals surface area contributed by atoms with Crippen LogP contribution in [0.1, 0.15) is 23.7 Å². The van der Waals surface area contributed by atoms with Crippen LogP contribution in [0.5, 0.6) is 0 Å². The minimum atomic E-state index is -0.229. The Hall–Kier alpha value is -0.770. The molecule has 0 saturated heterocycles. The molecule has 1 rings (SSSR count). The predicted octanol–water partition coefficient (Wildman–Crippen LogP) is 2.46. The maximum absolute atomic E-state index is 11.7. The highest BCUT2D eigenvalue weighted by Crippen LogP contribution is 2.20. The van der Waals surface area contributed by atoms with E-state index in [2.05, 4.69) is 5.32 Å². The first kappa shape index (κ1) is 13.3. The van der Waals surface area contributed by atoms with Crippen molar-refractivity contribution in [3.8, 4) is 0 Å². The fourth-order valence-corrected chi connectivity index (χ4v) is 1.56. The van der Waals surface area contributed by atoms with E-state index in [1.807, 2.05) is 6.92 Å². The molecule has 0 aliphatic rings. The highest BCUT2D eigenvalue weighted by atomic mass is 35.5. The number of nitrogens with two attached hydrogens (primary N) is 1. The van der Waals surface area contributed by atoms with Crippen molar-refractivity contribution in [1.29, 1.82) is 0 Å². The fraction of sp³-hybridized carbons (Fsp3) is 0.364. The Labute approximate surface area is 105 Å². The molecular weight excluding hydrogens is 247 g/mol. The molecule has 3 nitrogen and oxygen atoms in total. The van der Waals surface area contributed by atoms with Crippen LogP contribution in [-0.4, -0.2) is 18.5 Å². The third-order valence-electron chi connectivity index (χ3n) is 2.06. The predicted molar refractivity (Wildman–Crippen MR) is 67.1 cm³/mol. The number of carbonyl (C=O) groups is 1. The van der Waals surface area contributed by atoms with Crippen molar-refractivity contribution < 1.29 is 4.79 Å². The Kier molecular flexibility index (Phi) is 5.06. The maximum Gasteiger partial charge on any atom is 0.252 e. The Morgan fingerprint density at radius 2 is 2.19 bits per heavy atom. The Morgan fingerprint density at radius 3 is 2.81 bits per heavy atom. The fourth-order valence-electron chi connectivity index (χ4n) is 1.18. The SMILES string of the molecule is CC(N)CCNC(=O)c1cc(Cl)ccc1Cl. The van der Waals surface area contributed by atoms with Crippen LogP contribution in [0.15, 0.2) is 18.2 Å². The van der Waals surface area contributed by atoms with Crippen LogP contribution in [0.2, 0.25) is 10.0 Å². The van der Waals surface area contributed by atoms with E-state index in [1.54, 1.807) is 18.2 Å². The summed E-state index contributed by atoms with van der Waals surface area (Å²) in [6.45, 7) is 2.41. The zero-order valence-corrected chi connectivity index (χ0v) is 10.5. The molecule has 0 fully saturated rings. The molecule has 1 atom stereocenters. The lowest BCUT2D eigenvalue weighted by Gasteiger charge is -2.08. The maximum atomic E-state index is 11.7. The number of amides is 1. The van der Waals surface area contributed by atoms with Gasteiger partial charge in [-0.2, -0.15) is 0 Å². The summed E-state index contributed by atoms with van der Waals surface area (Å²) in [5, 5.41) is 3.62. The first-order valence-corrected chi connectivity index (χ1v) is 5.75. The molecule has 0 aliphatic carbocycles. The number of carbonyl (C=O) groups excluding carboxylic acids is 1. The monoisotopic (exact) mass is 260 g/mol. The average Bonchev–Trinajstić information content (AvgIpc) is 2.21. The number of halogens is 2. The van der Waals surface area contributed by atoms with Crippen LogP contribution in [0.25, 0.3) is 0 Å². The summed E-state index contributed by atoms with van der Waals surface area (Å²) in [5.74, 6) is -0.229. The van der Waals surface area contributed by atoms with Crippen LogP contribution in [0, 0.1) is 0 Å². The summed E-state index contributed by atoms with van der Waals surface area (Å²) in [6.07, 6.45) is 0.726. The molecular formula is C11H14Cl2N2O. The lowest BCUT2D eigenvalue weighted by atomic mass is 10.2. The van der Waals surface area contributed by atoms with Gasteiger partial charge in [0.15, 0.2) is 0 Å². The van der Waals surface area contributed by atoms with Gasteiger partial charge >= 0.3 is 0 Å². The number of benzene rings is 1. The van der Waals surface area contributed by atoms with Crippen LogP contribution in [0.4, 0.5) is 0 Å². The minimum absolute atomic E-state index is 0.0649. The Bertz CT molecular complexity index is 380. The Morgan fingerprint density at radius 1 is 1.50 bits per heavy atom. The lowest BCUT2D eigenvalue weighted by Crippen LogP contribution is -2.29. The van der Waals surface area contributed by atoms with Crippen molar-refractivity contribution in [3.63, 3.8) is 0 Å². The molecule has 3 N–H and O–H groups in total. The largest absolute Gasteiger partial charge is 0.352 e. The zero-order valence-electron chi connectivity index (χ0n) is 8.97. The van der Waals surface area contributed by atoms with Gasteiger partial charge < -0.3 is 11.1 Å². The van der Waals surface area contributed by atoms with Crippen molar-refractivity contribution in [2.24, 2.45) is 5.73 Å². The number of nitrogens with one attached hydrogen (secondary N) is 1. The van der Waals surface area contributed by atoms with Crippen molar-refractivity contribution >= 4 is 29.1 Å². The first-order valence-electron chi connectivity index (χ1n) is 4.99. The molecule has 0 saturated carbocycles. The minimum Gasteiger partial charge on any atom is -0.352 e. The summed E-state index contributed by atoms with van der Waals surface area (Å²) < 4.78 is 0. The van der Waals surface area contributed by atoms with E-state index >= 15 is 0 Å².